The van der Waals surface area contributed by atoms with Crippen LogP contribution in [-0.4, -0.2) is 15.0 Å². The fourth-order valence-electron chi connectivity index (χ4n) is 2.95. The van der Waals surface area contributed by atoms with Gasteiger partial charge in [0, 0.05) is 13.1 Å². The van der Waals surface area contributed by atoms with Gasteiger partial charge in [0.05, 0.1) is 4.90 Å². The van der Waals surface area contributed by atoms with Gasteiger partial charge in [-0.2, -0.15) is 0 Å². The lowest BCUT2D eigenvalue weighted by atomic mass is 9.84. The molecule has 0 saturated heterocycles. The van der Waals surface area contributed by atoms with Crippen LogP contribution in [0.3, 0.4) is 0 Å². The first kappa shape index (κ1) is 15.5. The lowest BCUT2D eigenvalue weighted by Crippen LogP contribution is -2.35. The Kier molecular flexibility index (Phi) is 4.83. The van der Waals surface area contributed by atoms with Gasteiger partial charge < -0.3 is 5.73 Å². The van der Waals surface area contributed by atoms with Crippen LogP contribution in [0.5, 0.6) is 0 Å². The Balaban J connectivity index is 2.10. The van der Waals surface area contributed by atoms with E-state index < -0.39 is 10.0 Å². The molecule has 0 atom stereocenters. The molecule has 0 radical (unpaired) electrons. The molecule has 1 aliphatic rings. The van der Waals surface area contributed by atoms with Crippen LogP contribution in [0, 0.1) is 5.41 Å². The van der Waals surface area contributed by atoms with Gasteiger partial charge in [0.2, 0.25) is 10.0 Å². The summed E-state index contributed by atoms with van der Waals surface area (Å²) in [6.45, 7) is 3.04. The van der Waals surface area contributed by atoms with Crippen LogP contribution in [0.1, 0.15) is 44.6 Å². The van der Waals surface area contributed by atoms with E-state index in [2.05, 4.69) is 11.6 Å². The van der Waals surface area contributed by atoms with Gasteiger partial charge in [0.1, 0.15) is 0 Å². The number of benzene rings is 1. The summed E-state index contributed by atoms with van der Waals surface area (Å²) in [6.07, 6.45) is 5.68. The Hall–Kier alpha value is -0.910. The molecule has 0 spiro atoms. The van der Waals surface area contributed by atoms with Crippen molar-refractivity contribution >= 4 is 10.0 Å². The third kappa shape index (κ3) is 3.40. The normalized spacial score (nSPS) is 18.3. The largest absolute Gasteiger partial charge is 0.326 e. The Labute approximate surface area is 121 Å². The minimum absolute atomic E-state index is 0.151. The summed E-state index contributed by atoms with van der Waals surface area (Å²) in [4.78, 5) is 0.310. The van der Waals surface area contributed by atoms with Crippen molar-refractivity contribution in [2.75, 3.05) is 6.54 Å². The molecular weight excluding hydrogens is 272 g/mol. The Morgan fingerprint density at radius 3 is 2.60 bits per heavy atom. The van der Waals surface area contributed by atoms with Crippen molar-refractivity contribution in [1.29, 1.82) is 0 Å². The van der Waals surface area contributed by atoms with Crippen LogP contribution in [0.4, 0.5) is 0 Å². The molecule has 0 amide bonds. The first-order valence-corrected chi connectivity index (χ1v) is 8.78. The smallest absolute Gasteiger partial charge is 0.240 e. The summed E-state index contributed by atoms with van der Waals surface area (Å²) >= 11 is 0. The van der Waals surface area contributed by atoms with Crippen molar-refractivity contribution in [3.63, 3.8) is 0 Å². The standard InChI is InChI=1S/C15H24N2O2S/c1-2-15(8-3-4-9-15)12-17-20(18,19)14-7-5-6-13(10-14)11-16/h5-7,10,17H,2-4,8-9,11-12,16H2,1H3. The van der Waals surface area contributed by atoms with E-state index in [1.54, 1.807) is 18.2 Å². The summed E-state index contributed by atoms with van der Waals surface area (Å²) in [5.74, 6) is 0. The Morgan fingerprint density at radius 2 is 2.00 bits per heavy atom. The number of nitrogens with two attached hydrogens (primary N) is 1. The first-order chi connectivity index (χ1) is 9.51. The lowest BCUT2D eigenvalue weighted by Gasteiger charge is -2.27. The van der Waals surface area contributed by atoms with Crippen LogP contribution in [0.25, 0.3) is 0 Å². The number of nitrogens with one attached hydrogen (secondary N) is 1. The highest BCUT2D eigenvalue weighted by Gasteiger charge is 2.33. The minimum atomic E-state index is -3.43. The van der Waals surface area contributed by atoms with Gasteiger partial charge in [-0.15, -0.1) is 0 Å². The van der Waals surface area contributed by atoms with Crippen molar-refractivity contribution in [3.8, 4) is 0 Å². The molecule has 20 heavy (non-hydrogen) atoms. The van der Waals surface area contributed by atoms with E-state index in [1.807, 2.05) is 6.07 Å². The molecule has 112 valence electrons. The minimum Gasteiger partial charge on any atom is -0.326 e. The quantitative estimate of drug-likeness (QED) is 0.846. The van der Waals surface area contributed by atoms with E-state index in [9.17, 15) is 8.42 Å². The molecule has 0 bridgehead atoms. The van der Waals surface area contributed by atoms with Gasteiger partial charge in [-0.05, 0) is 42.4 Å². The van der Waals surface area contributed by atoms with Crippen LogP contribution in [0.15, 0.2) is 29.2 Å². The van der Waals surface area contributed by atoms with E-state index in [0.29, 0.717) is 18.0 Å². The van der Waals surface area contributed by atoms with Crippen molar-refractivity contribution in [1.82, 2.24) is 4.72 Å². The molecule has 1 saturated carbocycles. The molecule has 1 aromatic rings. The van der Waals surface area contributed by atoms with Gasteiger partial charge in [0.25, 0.3) is 0 Å². The maximum absolute atomic E-state index is 12.4. The van der Waals surface area contributed by atoms with E-state index in [4.69, 9.17) is 5.73 Å². The van der Waals surface area contributed by atoms with E-state index in [1.165, 1.54) is 12.8 Å². The molecule has 1 fully saturated rings. The second kappa shape index (κ2) is 6.24. The second-order valence-corrected chi connectivity index (χ2v) is 7.50. The zero-order valence-electron chi connectivity index (χ0n) is 12.1. The third-order valence-electron chi connectivity index (χ3n) is 4.50. The molecule has 0 heterocycles. The van der Waals surface area contributed by atoms with Crippen molar-refractivity contribution in [2.45, 2.75) is 50.5 Å². The molecule has 2 rings (SSSR count). The van der Waals surface area contributed by atoms with Crippen molar-refractivity contribution in [2.24, 2.45) is 11.1 Å². The average molecular weight is 296 g/mol. The summed E-state index contributed by atoms with van der Waals surface area (Å²) in [5, 5.41) is 0. The first-order valence-electron chi connectivity index (χ1n) is 7.30. The van der Waals surface area contributed by atoms with Gasteiger partial charge in [0.15, 0.2) is 0 Å². The van der Waals surface area contributed by atoms with Crippen molar-refractivity contribution in [3.05, 3.63) is 29.8 Å². The van der Waals surface area contributed by atoms with Crippen LogP contribution in [0.2, 0.25) is 0 Å². The number of sulfonamides is 1. The second-order valence-electron chi connectivity index (χ2n) is 5.74. The highest BCUT2D eigenvalue weighted by Crippen LogP contribution is 2.40. The average Bonchev–Trinajstić information content (AvgIpc) is 2.95. The molecule has 4 nitrogen and oxygen atoms in total. The van der Waals surface area contributed by atoms with E-state index >= 15 is 0 Å². The molecular formula is C15H24N2O2S. The Morgan fingerprint density at radius 1 is 1.30 bits per heavy atom. The van der Waals surface area contributed by atoms with E-state index in [0.717, 1.165) is 24.8 Å². The fourth-order valence-corrected chi connectivity index (χ4v) is 4.18. The Bertz CT molecular complexity index is 549. The summed E-state index contributed by atoms with van der Waals surface area (Å²) < 4.78 is 27.5. The number of rotatable bonds is 6. The summed E-state index contributed by atoms with van der Waals surface area (Å²) in [6, 6.07) is 6.84. The summed E-state index contributed by atoms with van der Waals surface area (Å²) in [7, 11) is -3.43. The third-order valence-corrected chi connectivity index (χ3v) is 5.89. The monoisotopic (exact) mass is 296 g/mol. The van der Waals surface area contributed by atoms with Crippen LogP contribution >= 0.6 is 0 Å². The van der Waals surface area contributed by atoms with E-state index in [-0.39, 0.29) is 5.41 Å². The highest BCUT2D eigenvalue weighted by molar-refractivity contribution is 7.89. The van der Waals surface area contributed by atoms with Crippen LogP contribution in [-0.2, 0) is 16.6 Å². The van der Waals surface area contributed by atoms with Gasteiger partial charge in [-0.3, -0.25) is 0 Å². The SMILES string of the molecule is CCC1(CNS(=O)(=O)c2cccc(CN)c2)CCCC1. The maximum Gasteiger partial charge on any atom is 0.240 e. The lowest BCUT2D eigenvalue weighted by molar-refractivity contribution is 0.285. The zero-order valence-corrected chi connectivity index (χ0v) is 12.9. The predicted molar refractivity (Wildman–Crippen MR) is 80.7 cm³/mol. The van der Waals surface area contributed by atoms with Gasteiger partial charge in [-0.1, -0.05) is 31.9 Å². The molecule has 0 unspecified atom stereocenters. The number of hydrogen-bond donors (Lipinski definition) is 2. The maximum atomic E-state index is 12.4. The molecule has 5 heteroatoms. The van der Waals surface area contributed by atoms with Crippen LogP contribution < -0.4 is 10.5 Å². The van der Waals surface area contributed by atoms with Gasteiger partial charge in [-0.25, -0.2) is 13.1 Å². The molecule has 1 aliphatic carbocycles. The fraction of sp³-hybridized carbons (Fsp3) is 0.600. The molecule has 0 aliphatic heterocycles. The topological polar surface area (TPSA) is 72.2 Å². The number of hydrogen-bond acceptors (Lipinski definition) is 3. The zero-order chi connectivity index (χ0) is 14.6. The van der Waals surface area contributed by atoms with Crippen molar-refractivity contribution < 1.29 is 8.42 Å². The molecule has 1 aromatic carbocycles. The summed E-state index contributed by atoms with van der Waals surface area (Å²) in [5.41, 5.74) is 6.55. The van der Waals surface area contributed by atoms with Gasteiger partial charge >= 0.3 is 0 Å². The molecule has 0 aromatic heterocycles. The predicted octanol–water partition coefficient (Wildman–Crippen LogP) is 2.39. The molecule has 3 N–H and O–H groups in total. The highest BCUT2D eigenvalue weighted by atomic mass is 32.2.